The fraction of sp³-hybridized carbons (Fsp3) is 0.286. The van der Waals surface area contributed by atoms with Crippen molar-refractivity contribution in [2.24, 2.45) is 0 Å². The average molecular weight is 583 g/mol. The number of benzene rings is 5. The van der Waals surface area contributed by atoms with Gasteiger partial charge in [0.25, 0.3) is 0 Å². The SMILES string of the molecule is CCCCCOc1c2ccc(/C=C/c3ccc(C)cc3)cc2c(OCCCCC)c2cc(/C=C/c3ccc(C)cc3)ccc12. The van der Waals surface area contributed by atoms with Crippen LogP contribution in [0.2, 0.25) is 0 Å². The van der Waals surface area contributed by atoms with Crippen LogP contribution in [0.3, 0.4) is 0 Å². The van der Waals surface area contributed by atoms with E-state index in [0.717, 1.165) is 76.3 Å². The Balaban J connectivity index is 1.63. The van der Waals surface area contributed by atoms with Crippen LogP contribution < -0.4 is 9.47 Å². The molecule has 2 heteroatoms. The first-order valence-electron chi connectivity index (χ1n) is 16.3. The number of hydrogen-bond acceptors (Lipinski definition) is 2. The van der Waals surface area contributed by atoms with Crippen LogP contribution in [0.1, 0.15) is 85.8 Å². The van der Waals surface area contributed by atoms with Crippen molar-refractivity contribution in [3.63, 3.8) is 0 Å². The molecule has 0 aliphatic rings. The van der Waals surface area contributed by atoms with Crippen LogP contribution >= 0.6 is 0 Å². The molecule has 0 spiro atoms. The Morgan fingerprint density at radius 1 is 0.432 bits per heavy atom. The van der Waals surface area contributed by atoms with Gasteiger partial charge in [-0.25, -0.2) is 0 Å². The van der Waals surface area contributed by atoms with E-state index in [1.165, 1.54) is 28.7 Å². The topological polar surface area (TPSA) is 18.5 Å². The molecule has 5 aromatic rings. The lowest BCUT2D eigenvalue weighted by Gasteiger charge is -2.19. The summed E-state index contributed by atoms with van der Waals surface area (Å²) in [7, 11) is 0. The summed E-state index contributed by atoms with van der Waals surface area (Å²) in [5.41, 5.74) is 7.20. The summed E-state index contributed by atoms with van der Waals surface area (Å²) in [6, 6.07) is 30.6. The van der Waals surface area contributed by atoms with E-state index in [2.05, 4.69) is 137 Å². The molecule has 0 N–H and O–H groups in total. The van der Waals surface area contributed by atoms with Gasteiger partial charge in [-0.05, 0) is 73.2 Å². The second-order valence-corrected chi connectivity index (χ2v) is 11.9. The molecule has 226 valence electrons. The molecule has 0 bridgehead atoms. The number of hydrogen-bond donors (Lipinski definition) is 0. The zero-order chi connectivity index (χ0) is 30.7. The number of fused-ring (bicyclic) bond motifs is 2. The lowest BCUT2D eigenvalue weighted by molar-refractivity contribution is 0.308. The number of ether oxygens (including phenoxy) is 2. The highest BCUT2D eigenvalue weighted by atomic mass is 16.5. The van der Waals surface area contributed by atoms with Crippen LogP contribution in [0, 0.1) is 13.8 Å². The first-order chi connectivity index (χ1) is 21.6. The minimum atomic E-state index is 0.696. The molecule has 0 unspecified atom stereocenters. The van der Waals surface area contributed by atoms with Crippen molar-refractivity contribution in [1.82, 2.24) is 0 Å². The molecule has 0 saturated heterocycles. The van der Waals surface area contributed by atoms with E-state index in [4.69, 9.17) is 9.47 Å². The van der Waals surface area contributed by atoms with E-state index >= 15 is 0 Å². The summed E-state index contributed by atoms with van der Waals surface area (Å²) in [6.45, 7) is 10.1. The highest BCUT2D eigenvalue weighted by Gasteiger charge is 2.17. The predicted molar refractivity (Wildman–Crippen MR) is 192 cm³/mol. The van der Waals surface area contributed by atoms with Crippen LogP contribution in [0.15, 0.2) is 84.9 Å². The molecule has 5 rings (SSSR count). The highest BCUT2D eigenvalue weighted by molar-refractivity contribution is 6.12. The first-order valence-corrected chi connectivity index (χ1v) is 16.3. The maximum atomic E-state index is 6.69. The maximum Gasteiger partial charge on any atom is 0.135 e. The third-order valence-corrected chi connectivity index (χ3v) is 8.15. The Morgan fingerprint density at radius 2 is 0.795 bits per heavy atom. The van der Waals surface area contributed by atoms with Gasteiger partial charge in [0, 0.05) is 21.5 Å². The third-order valence-electron chi connectivity index (χ3n) is 8.15. The fourth-order valence-electron chi connectivity index (χ4n) is 5.50. The van der Waals surface area contributed by atoms with Crippen molar-refractivity contribution in [2.75, 3.05) is 13.2 Å². The third kappa shape index (κ3) is 7.99. The summed E-state index contributed by atoms with van der Waals surface area (Å²) < 4.78 is 13.3. The molecular formula is C42H46O2. The molecule has 0 fully saturated rings. The van der Waals surface area contributed by atoms with Crippen LogP contribution in [0.4, 0.5) is 0 Å². The Labute approximate surface area is 264 Å². The molecule has 0 aliphatic heterocycles. The van der Waals surface area contributed by atoms with Crippen molar-refractivity contribution in [2.45, 2.75) is 66.2 Å². The Kier molecular flexibility index (Phi) is 10.9. The van der Waals surface area contributed by atoms with Gasteiger partial charge in [-0.3, -0.25) is 0 Å². The van der Waals surface area contributed by atoms with Gasteiger partial charge in [0.2, 0.25) is 0 Å². The minimum absolute atomic E-state index is 0.696. The molecule has 0 aliphatic carbocycles. The monoisotopic (exact) mass is 582 g/mol. The van der Waals surface area contributed by atoms with Crippen molar-refractivity contribution in [3.8, 4) is 11.5 Å². The Morgan fingerprint density at radius 3 is 1.20 bits per heavy atom. The summed E-state index contributed by atoms with van der Waals surface area (Å²) in [5.74, 6) is 1.90. The van der Waals surface area contributed by atoms with Gasteiger partial charge in [-0.15, -0.1) is 0 Å². The van der Waals surface area contributed by atoms with Gasteiger partial charge in [-0.2, -0.15) is 0 Å². The number of aryl methyl sites for hydroxylation is 2. The zero-order valence-electron chi connectivity index (χ0n) is 26.9. The van der Waals surface area contributed by atoms with Gasteiger partial charge < -0.3 is 9.47 Å². The van der Waals surface area contributed by atoms with Crippen LogP contribution in [-0.4, -0.2) is 13.2 Å². The van der Waals surface area contributed by atoms with Gasteiger partial charge >= 0.3 is 0 Å². The van der Waals surface area contributed by atoms with Crippen molar-refractivity contribution in [3.05, 3.63) is 118 Å². The molecule has 5 aromatic carbocycles. The maximum absolute atomic E-state index is 6.69. The van der Waals surface area contributed by atoms with Crippen LogP contribution in [0.5, 0.6) is 11.5 Å². The van der Waals surface area contributed by atoms with Crippen molar-refractivity contribution >= 4 is 45.8 Å². The molecule has 44 heavy (non-hydrogen) atoms. The van der Waals surface area contributed by atoms with Gasteiger partial charge in [0.1, 0.15) is 11.5 Å². The van der Waals surface area contributed by atoms with Crippen molar-refractivity contribution < 1.29 is 9.47 Å². The molecule has 0 heterocycles. The minimum Gasteiger partial charge on any atom is -0.492 e. The van der Waals surface area contributed by atoms with E-state index in [-0.39, 0.29) is 0 Å². The lowest BCUT2D eigenvalue weighted by atomic mass is 9.96. The zero-order valence-corrected chi connectivity index (χ0v) is 26.9. The standard InChI is InChI=1S/C42H46O2/c1-5-7-9-27-43-41-37-25-23-35(21-19-33-15-11-31(3)12-16-33)29-39(37)42(44-28-10-8-6-2)40-30-36(24-26-38(40)41)22-20-34-17-13-32(4)14-18-34/h11-26,29-30H,5-10,27-28H2,1-4H3/b21-19+,22-20+. The van der Waals surface area contributed by atoms with Gasteiger partial charge in [0.05, 0.1) is 13.2 Å². The molecule has 0 amide bonds. The molecule has 0 saturated carbocycles. The second kappa shape index (κ2) is 15.4. The van der Waals surface area contributed by atoms with Crippen LogP contribution in [-0.2, 0) is 0 Å². The Hall–Kier alpha value is -4.30. The quantitative estimate of drug-likeness (QED) is 0.0736. The van der Waals surface area contributed by atoms with Gasteiger partial charge in [-0.1, -0.05) is 136 Å². The second-order valence-electron chi connectivity index (χ2n) is 11.9. The predicted octanol–water partition coefficient (Wildman–Crippen LogP) is 12.1. The van der Waals surface area contributed by atoms with E-state index < -0.39 is 0 Å². The number of rotatable bonds is 14. The lowest BCUT2D eigenvalue weighted by Crippen LogP contribution is -2.02. The van der Waals surface area contributed by atoms with E-state index in [1.54, 1.807) is 0 Å². The average Bonchev–Trinajstić information content (AvgIpc) is 3.05. The van der Waals surface area contributed by atoms with E-state index in [9.17, 15) is 0 Å². The van der Waals surface area contributed by atoms with Crippen molar-refractivity contribution in [1.29, 1.82) is 0 Å². The smallest absolute Gasteiger partial charge is 0.135 e. The number of unbranched alkanes of at least 4 members (excludes halogenated alkanes) is 4. The first kappa shape index (κ1) is 31.1. The summed E-state index contributed by atoms with van der Waals surface area (Å²) >= 11 is 0. The molecule has 0 atom stereocenters. The Bertz CT molecular complexity index is 1610. The largest absolute Gasteiger partial charge is 0.492 e. The summed E-state index contributed by atoms with van der Waals surface area (Å²) in [4.78, 5) is 0. The highest BCUT2D eigenvalue weighted by Crippen LogP contribution is 2.44. The van der Waals surface area contributed by atoms with Crippen LogP contribution in [0.25, 0.3) is 45.8 Å². The fourth-order valence-corrected chi connectivity index (χ4v) is 5.50. The van der Waals surface area contributed by atoms with E-state index in [0.29, 0.717) is 13.2 Å². The molecule has 2 nitrogen and oxygen atoms in total. The normalized spacial score (nSPS) is 11.7. The molecule has 0 radical (unpaired) electrons. The molecule has 0 aromatic heterocycles. The molecular weight excluding hydrogens is 536 g/mol. The summed E-state index contributed by atoms with van der Waals surface area (Å²) in [5, 5.41) is 4.42. The summed E-state index contributed by atoms with van der Waals surface area (Å²) in [6.07, 6.45) is 15.5. The van der Waals surface area contributed by atoms with Gasteiger partial charge in [0.15, 0.2) is 0 Å². The van der Waals surface area contributed by atoms with E-state index in [1.807, 2.05) is 0 Å².